The molecule has 2 fully saturated rings. The summed E-state index contributed by atoms with van der Waals surface area (Å²) < 4.78 is 13.9. The van der Waals surface area contributed by atoms with Crippen LogP contribution in [0.15, 0.2) is 18.2 Å². The van der Waals surface area contributed by atoms with Gasteiger partial charge in [-0.3, -0.25) is 4.79 Å². The third-order valence-electron chi connectivity index (χ3n) is 4.88. The van der Waals surface area contributed by atoms with E-state index in [-0.39, 0.29) is 17.6 Å². The lowest BCUT2D eigenvalue weighted by Crippen LogP contribution is -2.39. The second kappa shape index (κ2) is 6.35. The number of likely N-dealkylation sites (tertiary alicyclic amines) is 1. The van der Waals surface area contributed by atoms with E-state index in [0.29, 0.717) is 23.0 Å². The molecule has 1 heterocycles. The third kappa shape index (κ3) is 3.08. The van der Waals surface area contributed by atoms with E-state index in [4.69, 9.17) is 11.6 Å². The molecule has 0 spiro atoms. The maximum absolute atomic E-state index is 13.9. The number of amides is 1. The first kappa shape index (κ1) is 14.8. The van der Waals surface area contributed by atoms with Crippen LogP contribution in [0.4, 0.5) is 4.39 Å². The predicted octanol–water partition coefficient (Wildman–Crippen LogP) is 4.20. The third-order valence-corrected chi connectivity index (χ3v) is 5.23. The van der Waals surface area contributed by atoms with Crippen molar-refractivity contribution in [2.24, 2.45) is 5.92 Å². The number of hydrogen-bond acceptors (Lipinski definition) is 1. The molecule has 4 heteroatoms. The molecule has 1 saturated carbocycles. The lowest BCUT2D eigenvalue weighted by molar-refractivity contribution is -0.133. The van der Waals surface area contributed by atoms with E-state index in [2.05, 4.69) is 0 Å². The van der Waals surface area contributed by atoms with Gasteiger partial charge in [0.15, 0.2) is 0 Å². The van der Waals surface area contributed by atoms with Crippen LogP contribution in [0.2, 0.25) is 5.02 Å². The van der Waals surface area contributed by atoms with Gasteiger partial charge in [0.25, 0.3) is 0 Å². The molecule has 2 aliphatic rings. The summed E-state index contributed by atoms with van der Waals surface area (Å²) in [5, 5.41) is 0.430. The zero-order valence-electron chi connectivity index (χ0n) is 12.2. The van der Waals surface area contributed by atoms with Gasteiger partial charge in [0.05, 0.1) is 0 Å². The summed E-state index contributed by atoms with van der Waals surface area (Å²) in [6.07, 6.45) is 7.22. The smallest absolute Gasteiger partial charge is 0.226 e. The summed E-state index contributed by atoms with van der Waals surface area (Å²) in [6.45, 7) is 0.820. The first-order chi connectivity index (χ1) is 10.2. The number of benzene rings is 1. The molecule has 114 valence electrons. The van der Waals surface area contributed by atoms with Crippen molar-refractivity contribution >= 4 is 17.5 Å². The molecule has 1 atom stereocenters. The molecular weight excluding hydrogens is 289 g/mol. The number of carbonyl (C=O) groups excluding carboxylic acids is 1. The molecule has 1 unspecified atom stereocenters. The lowest BCUT2D eigenvalue weighted by atomic mass is 9.94. The minimum atomic E-state index is -0.300. The van der Waals surface area contributed by atoms with Gasteiger partial charge in [-0.15, -0.1) is 0 Å². The lowest BCUT2D eigenvalue weighted by Gasteiger charge is -2.31. The van der Waals surface area contributed by atoms with E-state index < -0.39 is 0 Å². The average molecular weight is 310 g/mol. The average Bonchev–Trinajstić information content (AvgIpc) is 2.85. The van der Waals surface area contributed by atoms with Crippen LogP contribution in [0.5, 0.6) is 0 Å². The molecule has 0 N–H and O–H groups in total. The van der Waals surface area contributed by atoms with E-state index in [1.807, 2.05) is 4.90 Å². The Morgan fingerprint density at radius 2 is 1.95 bits per heavy atom. The molecule has 1 amide bonds. The highest BCUT2D eigenvalue weighted by Gasteiger charge is 2.36. The maximum atomic E-state index is 13.9. The van der Waals surface area contributed by atoms with Crippen LogP contribution in [-0.2, 0) is 11.2 Å². The monoisotopic (exact) mass is 309 g/mol. The summed E-state index contributed by atoms with van der Waals surface area (Å²) in [5.74, 6) is -0.214. The zero-order chi connectivity index (χ0) is 14.8. The summed E-state index contributed by atoms with van der Waals surface area (Å²) >= 11 is 6.08. The molecule has 0 bridgehead atoms. The van der Waals surface area contributed by atoms with Crippen molar-refractivity contribution in [3.63, 3.8) is 0 Å². The molecule has 1 saturated heterocycles. The first-order valence-electron chi connectivity index (χ1n) is 7.90. The number of hydrogen-bond donors (Lipinski definition) is 0. The Kier molecular flexibility index (Phi) is 4.48. The van der Waals surface area contributed by atoms with Crippen molar-refractivity contribution in [3.05, 3.63) is 34.6 Å². The van der Waals surface area contributed by atoms with Gasteiger partial charge in [0.2, 0.25) is 5.91 Å². The van der Waals surface area contributed by atoms with Crippen LogP contribution in [0, 0.1) is 11.7 Å². The molecule has 1 aromatic rings. The van der Waals surface area contributed by atoms with Crippen molar-refractivity contribution in [1.29, 1.82) is 0 Å². The standard InChI is InChI=1S/C17H21ClFNO/c18-15-7-4-8-16(19)14(15)11-12-9-10-20(17(12)21)13-5-2-1-3-6-13/h4,7-8,12-13H,1-3,5-6,9-11H2. The fourth-order valence-electron chi connectivity index (χ4n) is 3.68. The summed E-state index contributed by atoms with van der Waals surface area (Å²) in [7, 11) is 0. The maximum Gasteiger partial charge on any atom is 0.226 e. The largest absolute Gasteiger partial charge is 0.339 e. The van der Waals surface area contributed by atoms with Crippen molar-refractivity contribution in [3.8, 4) is 0 Å². The summed E-state index contributed by atoms with van der Waals surface area (Å²) in [4.78, 5) is 14.6. The number of carbonyl (C=O) groups is 1. The van der Waals surface area contributed by atoms with Crippen LogP contribution in [0.25, 0.3) is 0 Å². The van der Waals surface area contributed by atoms with Crippen molar-refractivity contribution in [2.45, 2.75) is 51.0 Å². The number of rotatable bonds is 3. The van der Waals surface area contributed by atoms with Gasteiger partial charge in [-0.2, -0.15) is 0 Å². The fraction of sp³-hybridized carbons (Fsp3) is 0.588. The van der Waals surface area contributed by atoms with Crippen LogP contribution in [0.1, 0.15) is 44.1 Å². The minimum Gasteiger partial charge on any atom is -0.339 e. The van der Waals surface area contributed by atoms with E-state index in [9.17, 15) is 9.18 Å². The highest BCUT2D eigenvalue weighted by atomic mass is 35.5. The molecule has 1 aromatic carbocycles. The second-order valence-electron chi connectivity index (χ2n) is 6.21. The summed E-state index contributed by atoms with van der Waals surface area (Å²) in [5.41, 5.74) is 0.489. The normalized spacial score (nSPS) is 23.8. The zero-order valence-corrected chi connectivity index (χ0v) is 12.9. The van der Waals surface area contributed by atoms with E-state index in [1.54, 1.807) is 12.1 Å². The van der Waals surface area contributed by atoms with Gasteiger partial charge in [-0.25, -0.2) is 4.39 Å². The van der Waals surface area contributed by atoms with Crippen LogP contribution < -0.4 is 0 Å². The molecule has 2 nitrogen and oxygen atoms in total. The van der Waals surface area contributed by atoms with Gasteiger partial charge in [0.1, 0.15) is 5.82 Å². The minimum absolute atomic E-state index is 0.110. The highest BCUT2D eigenvalue weighted by molar-refractivity contribution is 6.31. The Morgan fingerprint density at radius 3 is 2.67 bits per heavy atom. The molecule has 0 radical (unpaired) electrons. The Labute approximate surface area is 130 Å². The topological polar surface area (TPSA) is 20.3 Å². The Balaban J connectivity index is 1.69. The van der Waals surface area contributed by atoms with Crippen LogP contribution in [-0.4, -0.2) is 23.4 Å². The molecule has 3 rings (SSSR count). The van der Waals surface area contributed by atoms with Gasteiger partial charge < -0.3 is 4.90 Å². The highest BCUT2D eigenvalue weighted by Crippen LogP contribution is 2.32. The molecule has 21 heavy (non-hydrogen) atoms. The van der Waals surface area contributed by atoms with E-state index in [1.165, 1.54) is 25.3 Å². The predicted molar refractivity (Wildman–Crippen MR) is 81.8 cm³/mol. The van der Waals surface area contributed by atoms with Crippen LogP contribution >= 0.6 is 11.6 Å². The first-order valence-corrected chi connectivity index (χ1v) is 8.28. The fourth-order valence-corrected chi connectivity index (χ4v) is 3.92. The van der Waals surface area contributed by atoms with Gasteiger partial charge in [-0.05, 0) is 37.8 Å². The Morgan fingerprint density at radius 1 is 1.19 bits per heavy atom. The molecule has 1 aliphatic carbocycles. The van der Waals surface area contributed by atoms with Crippen LogP contribution in [0.3, 0.4) is 0 Å². The molecule has 1 aliphatic heterocycles. The second-order valence-corrected chi connectivity index (χ2v) is 6.62. The SMILES string of the molecule is O=C1C(Cc2c(F)cccc2Cl)CCN1C1CCCCC1. The van der Waals surface area contributed by atoms with Gasteiger partial charge >= 0.3 is 0 Å². The number of halogens is 2. The van der Waals surface area contributed by atoms with Crippen molar-refractivity contribution in [2.75, 3.05) is 6.54 Å². The van der Waals surface area contributed by atoms with Crippen molar-refractivity contribution in [1.82, 2.24) is 4.90 Å². The number of nitrogens with zero attached hydrogens (tertiary/aromatic N) is 1. The molecular formula is C17H21ClFNO. The Bertz CT molecular complexity index is 507. The van der Waals surface area contributed by atoms with E-state index >= 15 is 0 Å². The van der Waals surface area contributed by atoms with Crippen molar-refractivity contribution < 1.29 is 9.18 Å². The summed E-state index contributed by atoms with van der Waals surface area (Å²) in [6, 6.07) is 5.12. The Hall–Kier alpha value is -1.09. The molecule has 0 aromatic heterocycles. The quantitative estimate of drug-likeness (QED) is 0.819. The van der Waals surface area contributed by atoms with Gasteiger partial charge in [0, 0.05) is 29.1 Å². The van der Waals surface area contributed by atoms with Gasteiger partial charge in [-0.1, -0.05) is 36.9 Å². The van der Waals surface area contributed by atoms with E-state index in [0.717, 1.165) is 25.8 Å².